The molecular formula is C18H20O3. The van der Waals surface area contributed by atoms with Gasteiger partial charge in [0.25, 0.3) is 0 Å². The molecule has 2 N–H and O–H groups in total. The molecule has 3 heteroatoms. The molecule has 21 heavy (non-hydrogen) atoms. The lowest BCUT2D eigenvalue weighted by Crippen LogP contribution is -2.38. The Morgan fingerprint density at radius 1 is 1.43 bits per heavy atom. The van der Waals surface area contributed by atoms with Gasteiger partial charge in [-0.25, -0.2) is 0 Å². The number of rotatable bonds is 2. The largest absolute Gasteiger partial charge is 0.394 e. The number of hydrogen-bond acceptors (Lipinski definition) is 3. The molecule has 3 nitrogen and oxygen atoms in total. The van der Waals surface area contributed by atoms with Gasteiger partial charge in [-0.05, 0) is 44.8 Å². The third-order valence-electron chi connectivity index (χ3n) is 4.35. The van der Waals surface area contributed by atoms with Crippen molar-refractivity contribution >= 4 is 0 Å². The summed E-state index contributed by atoms with van der Waals surface area (Å²) in [7, 11) is 0. The molecule has 0 amide bonds. The zero-order chi connectivity index (χ0) is 15.1. The second kappa shape index (κ2) is 5.04. The van der Waals surface area contributed by atoms with Gasteiger partial charge in [0.2, 0.25) is 0 Å². The minimum absolute atomic E-state index is 0.286. The van der Waals surface area contributed by atoms with Crippen LogP contribution in [0, 0.1) is 29.1 Å². The van der Waals surface area contributed by atoms with Crippen molar-refractivity contribution in [2.45, 2.75) is 50.9 Å². The van der Waals surface area contributed by atoms with Gasteiger partial charge < -0.3 is 14.9 Å². The van der Waals surface area contributed by atoms with Gasteiger partial charge in [-0.2, -0.15) is 0 Å². The van der Waals surface area contributed by atoms with Crippen LogP contribution in [-0.2, 0) is 4.74 Å². The molecule has 110 valence electrons. The van der Waals surface area contributed by atoms with E-state index >= 15 is 0 Å². The SMILES string of the molecule is CC1(C)C#C/C=C2/CCCC=C2C#C[C@]2([C@H](O)CO)O[C@H]12. The maximum absolute atomic E-state index is 10.1. The van der Waals surface area contributed by atoms with Gasteiger partial charge >= 0.3 is 0 Å². The van der Waals surface area contributed by atoms with Crippen LogP contribution in [-0.4, -0.2) is 34.6 Å². The topological polar surface area (TPSA) is 53.0 Å². The Kier molecular flexibility index (Phi) is 3.46. The van der Waals surface area contributed by atoms with E-state index in [-0.39, 0.29) is 12.7 Å². The Balaban J connectivity index is 2.08. The number of aliphatic hydroxyl groups excluding tert-OH is 2. The van der Waals surface area contributed by atoms with Crippen molar-refractivity contribution in [3.05, 3.63) is 23.3 Å². The second-order valence-electron chi connectivity index (χ2n) is 6.41. The predicted octanol–water partition coefficient (Wildman–Crippen LogP) is 1.56. The van der Waals surface area contributed by atoms with Crippen LogP contribution < -0.4 is 0 Å². The molecule has 3 aliphatic rings. The second-order valence-corrected chi connectivity index (χ2v) is 6.41. The first-order chi connectivity index (χ1) is 9.99. The maximum atomic E-state index is 10.1. The number of epoxide rings is 1. The number of fused-ring (bicyclic) bond motifs is 2. The zero-order valence-corrected chi connectivity index (χ0v) is 12.4. The Morgan fingerprint density at radius 3 is 3.00 bits per heavy atom. The molecule has 1 fully saturated rings. The smallest absolute Gasteiger partial charge is 0.184 e. The van der Waals surface area contributed by atoms with Gasteiger partial charge in [-0.1, -0.05) is 29.8 Å². The summed E-state index contributed by atoms with van der Waals surface area (Å²) in [5.41, 5.74) is 0.727. The van der Waals surface area contributed by atoms with E-state index in [1.807, 2.05) is 19.9 Å². The van der Waals surface area contributed by atoms with Gasteiger partial charge in [-0.15, -0.1) is 0 Å². The molecular weight excluding hydrogens is 264 g/mol. The molecule has 0 spiro atoms. The lowest BCUT2D eigenvalue weighted by atomic mass is 9.80. The molecule has 1 heterocycles. The van der Waals surface area contributed by atoms with Crippen LogP contribution in [0.3, 0.4) is 0 Å². The van der Waals surface area contributed by atoms with E-state index in [0.29, 0.717) is 0 Å². The van der Waals surface area contributed by atoms with Gasteiger partial charge in [0.15, 0.2) is 5.60 Å². The molecule has 0 aromatic heterocycles. The summed E-state index contributed by atoms with van der Waals surface area (Å²) in [6.45, 7) is 3.60. The third kappa shape index (κ3) is 2.43. The highest BCUT2D eigenvalue weighted by molar-refractivity contribution is 5.52. The molecule has 2 aliphatic carbocycles. The van der Waals surface area contributed by atoms with Crippen molar-refractivity contribution in [1.29, 1.82) is 0 Å². The first-order valence-electron chi connectivity index (χ1n) is 7.42. The summed E-state index contributed by atoms with van der Waals surface area (Å²) in [4.78, 5) is 0. The van der Waals surface area contributed by atoms with E-state index < -0.39 is 17.1 Å². The average molecular weight is 284 g/mol. The highest BCUT2D eigenvalue weighted by Crippen LogP contribution is 2.49. The Morgan fingerprint density at radius 2 is 2.24 bits per heavy atom. The molecule has 3 atom stereocenters. The molecule has 1 saturated heterocycles. The Labute approximate surface area is 125 Å². The minimum atomic E-state index is -1.01. The van der Waals surface area contributed by atoms with Crippen LogP contribution in [0.25, 0.3) is 0 Å². The maximum Gasteiger partial charge on any atom is 0.184 e. The van der Waals surface area contributed by atoms with E-state index in [1.165, 1.54) is 0 Å². The first-order valence-corrected chi connectivity index (χ1v) is 7.42. The number of ether oxygens (including phenoxy) is 1. The molecule has 0 radical (unpaired) electrons. The summed E-state index contributed by atoms with van der Waals surface area (Å²) in [5.74, 6) is 12.6. The molecule has 3 rings (SSSR count). The fourth-order valence-corrected chi connectivity index (χ4v) is 3.04. The van der Waals surface area contributed by atoms with Crippen molar-refractivity contribution in [2.75, 3.05) is 6.61 Å². The van der Waals surface area contributed by atoms with Crippen LogP contribution in [0.1, 0.15) is 33.1 Å². The molecule has 1 aliphatic heterocycles. The standard InChI is InChI=1S/C18H20O3/c1-17(2)10-5-8-13-6-3-4-7-14(13)9-11-18(15(20)12-19)16(17)21-18/h7-8,15-16,19-20H,3-4,6,12H2,1-2H3/b13-8-/t15-,16-,18-/m1/s1. The number of hydrogen-bond donors (Lipinski definition) is 2. The average Bonchev–Trinajstić information content (AvgIpc) is 3.22. The van der Waals surface area contributed by atoms with E-state index in [2.05, 4.69) is 29.8 Å². The minimum Gasteiger partial charge on any atom is -0.394 e. The molecule has 0 aromatic rings. The zero-order valence-electron chi connectivity index (χ0n) is 12.4. The van der Waals surface area contributed by atoms with Crippen LogP contribution in [0.4, 0.5) is 0 Å². The summed E-state index contributed by atoms with van der Waals surface area (Å²) < 4.78 is 5.75. The van der Waals surface area contributed by atoms with Crippen LogP contribution >= 0.6 is 0 Å². The van der Waals surface area contributed by atoms with E-state index in [4.69, 9.17) is 4.74 Å². The monoisotopic (exact) mass is 284 g/mol. The van der Waals surface area contributed by atoms with Crippen LogP contribution in [0.15, 0.2) is 23.3 Å². The first kappa shape index (κ1) is 14.4. The van der Waals surface area contributed by atoms with Crippen LogP contribution in [0.5, 0.6) is 0 Å². The number of allylic oxidation sites excluding steroid dienone is 4. The van der Waals surface area contributed by atoms with Crippen molar-refractivity contribution < 1.29 is 14.9 Å². The van der Waals surface area contributed by atoms with Crippen molar-refractivity contribution in [3.8, 4) is 23.7 Å². The van der Waals surface area contributed by atoms with E-state index in [0.717, 1.165) is 30.4 Å². The lowest BCUT2D eigenvalue weighted by molar-refractivity contribution is 0.0482. The highest BCUT2D eigenvalue weighted by atomic mass is 16.6. The summed E-state index contributed by atoms with van der Waals surface area (Å²) >= 11 is 0. The highest BCUT2D eigenvalue weighted by Gasteiger charge is 2.66. The summed E-state index contributed by atoms with van der Waals surface area (Å²) in [6, 6.07) is 0. The molecule has 0 saturated carbocycles. The van der Waals surface area contributed by atoms with Crippen molar-refractivity contribution in [2.24, 2.45) is 5.41 Å². The fraction of sp³-hybridized carbons (Fsp3) is 0.556. The van der Waals surface area contributed by atoms with Crippen molar-refractivity contribution in [1.82, 2.24) is 0 Å². The van der Waals surface area contributed by atoms with Crippen LogP contribution in [0.2, 0.25) is 0 Å². The van der Waals surface area contributed by atoms with Crippen molar-refractivity contribution in [3.63, 3.8) is 0 Å². The number of aliphatic hydroxyl groups is 2. The fourth-order valence-electron chi connectivity index (χ4n) is 3.04. The Bertz CT molecular complexity index is 633. The molecule has 0 unspecified atom stereocenters. The van der Waals surface area contributed by atoms with E-state index in [1.54, 1.807) is 0 Å². The quantitative estimate of drug-likeness (QED) is 0.598. The summed E-state index contributed by atoms with van der Waals surface area (Å²) in [6.07, 6.45) is 5.90. The predicted molar refractivity (Wildman–Crippen MR) is 80.0 cm³/mol. The molecule has 0 bridgehead atoms. The molecule has 0 aromatic carbocycles. The van der Waals surface area contributed by atoms with Gasteiger partial charge in [0.1, 0.15) is 12.2 Å². The van der Waals surface area contributed by atoms with Gasteiger partial charge in [0, 0.05) is 5.57 Å². The Hall–Kier alpha value is -1.52. The summed E-state index contributed by atoms with van der Waals surface area (Å²) in [5, 5.41) is 19.4. The third-order valence-corrected chi connectivity index (χ3v) is 4.35. The van der Waals surface area contributed by atoms with Gasteiger partial charge in [0.05, 0.1) is 12.0 Å². The van der Waals surface area contributed by atoms with Gasteiger partial charge in [-0.3, -0.25) is 0 Å². The normalized spacial score (nSPS) is 36.1. The lowest BCUT2D eigenvalue weighted by Gasteiger charge is -2.20. The van der Waals surface area contributed by atoms with E-state index in [9.17, 15) is 10.2 Å².